The lowest BCUT2D eigenvalue weighted by atomic mass is 10.0. The summed E-state index contributed by atoms with van der Waals surface area (Å²) in [4.78, 5) is 12.1. The number of methoxy groups -OCH3 is 1. The Bertz CT molecular complexity index is 426. The first-order valence-corrected chi connectivity index (χ1v) is 6.37. The molecule has 1 aliphatic rings. The van der Waals surface area contributed by atoms with Crippen LogP contribution >= 0.6 is 12.4 Å². The number of carbonyl (C=O) groups excluding carboxylic acids is 1. The van der Waals surface area contributed by atoms with Crippen LogP contribution in [0.15, 0.2) is 24.3 Å². The van der Waals surface area contributed by atoms with Crippen LogP contribution in [0.2, 0.25) is 0 Å². The standard InChI is InChI=1S/C14H20N2O2.ClH/c1-10-8-12(6-7-15-10)16-14(17)11-4-3-5-13(9-11)18-2;/h3-5,9-10,12,15H,6-8H2,1-2H3,(H,16,17);1H. The fourth-order valence-corrected chi connectivity index (χ4v) is 2.30. The number of nitrogens with one attached hydrogen (secondary N) is 2. The number of hydrogen-bond donors (Lipinski definition) is 2. The van der Waals surface area contributed by atoms with Gasteiger partial charge in [0, 0.05) is 17.6 Å². The third-order valence-electron chi connectivity index (χ3n) is 3.29. The van der Waals surface area contributed by atoms with Crippen LogP contribution in [0.4, 0.5) is 0 Å². The average Bonchev–Trinajstić information content (AvgIpc) is 2.39. The highest BCUT2D eigenvalue weighted by Gasteiger charge is 2.20. The molecule has 5 heteroatoms. The second kappa shape index (κ2) is 7.36. The number of carbonyl (C=O) groups is 1. The summed E-state index contributed by atoms with van der Waals surface area (Å²) in [6.07, 6.45) is 1.97. The molecule has 2 unspecified atom stereocenters. The summed E-state index contributed by atoms with van der Waals surface area (Å²) in [6.45, 7) is 3.11. The molecule has 0 bridgehead atoms. The maximum absolute atomic E-state index is 12.1. The molecule has 106 valence electrons. The molecule has 0 spiro atoms. The molecule has 0 radical (unpaired) electrons. The minimum Gasteiger partial charge on any atom is -0.497 e. The van der Waals surface area contributed by atoms with Gasteiger partial charge in [-0.25, -0.2) is 0 Å². The Hall–Kier alpha value is -1.26. The summed E-state index contributed by atoms with van der Waals surface area (Å²) < 4.78 is 5.12. The summed E-state index contributed by atoms with van der Waals surface area (Å²) in [6, 6.07) is 7.97. The molecular weight excluding hydrogens is 264 g/mol. The molecule has 1 amide bonds. The van der Waals surface area contributed by atoms with E-state index in [0.29, 0.717) is 17.4 Å². The fraction of sp³-hybridized carbons (Fsp3) is 0.500. The molecular formula is C14H21ClN2O2. The van der Waals surface area contributed by atoms with Crippen molar-refractivity contribution in [2.75, 3.05) is 13.7 Å². The molecule has 2 N–H and O–H groups in total. The summed E-state index contributed by atoms with van der Waals surface area (Å²) in [7, 11) is 1.60. The number of ether oxygens (including phenoxy) is 1. The van der Waals surface area contributed by atoms with E-state index in [4.69, 9.17) is 4.74 Å². The van der Waals surface area contributed by atoms with Gasteiger partial charge >= 0.3 is 0 Å². The van der Waals surface area contributed by atoms with Crippen LogP contribution in [-0.2, 0) is 0 Å². The van der Waals surface area contributed by atoms with E-state index in [1.54, 1.807) is 13.2 Å². The first-order chi connectivity index (χ1) is 8.69. The quantitative estimate of drug-likeness (QED) is 0.892. The van der Waals surface area contributed by atoms with E-state index in [1.807, 2.05) is 18.2 Å². The smallest absolute Gasteiger partial charge is 0.251 e. The van der Waals surface area contributed by atoms with E-state index < -0.39 is 0 Å². The summed E-state index contributed by atoms with van der Waals surface area (Å²) in [5.74, 6) is 0.689. The molecule has 2 rings (SSSR count). The Morgan fingerprint density at radius 1 is 1.47 bits per heavy atom. The lowest BCUT2D eigenvalue weighted by Gasteiger charge is -2.28. The molecule has 1 saturated heterocycles. The number of amides is 1. The van der Waals surface area contributed by atoms with Crippen molar-refractivity contribution >= 4 is 18.3 Å². The van der Waals surface area contributed by atoms with Crippen LogP contribution in [0.25, 0.3) is 0 Å². The van der Waals surface area contributed by atoms with Crippen LogP contribution in [-0.4, -0.2) is 31.6 Å². The Morgan fingerprint density at radius 3 is 2.95 bits per heavy atom. The zero-order chi connectivity index (χ0) is 13.0. The van der Waals surface area contributed by atoms with Gasteiger partial charge in [-0.3, -0.25) is 4.79 Å². The van der Waals surface area contributed by atoms with Crippen molar-refractivity contribution in [2.24, 2.45) is 0 Å². The van der Waals surface area contributed by atoms with Crippen molar-refractivity contribution in [1.29, 1.82) is 0 Å². The zero-order valence-corrected chi connectivity index (χ0v) is 12.1. The maximum Gasteiger partial charge on any atom is 0.251 e. The zero-order valence-electron chi connectivity index (χ0n) is 11.3. The van der Waals surface area contributed by atoms with Crippen LogP contribution in [0, 0.1) is 0 Å². The van der Waals surface area contributed by atoms with Gasteiger partial charge in [0.1, 0.15) is 5.75 Å². The molecule has 19 heavy (non-hydrogen) atoms. The third kappa shape index (κ3) is 4.40. The van der Waals surface area contributed by atoms with Crippen molar-refractivity contribution in [3.8, 4) is 5.75 Å². The highest BCUT2D eigenvalue weighted by Crippen LogP contribution is 2.14. The van der Waals surface area contributed by atoms with Gasteiger partial charge in [0.25, 0.3) is 5.91 Å². The highest BCUT2D eigenvalue weighted by atomic mass is 35.5. The largest absolute Gasteiger partial charge is 0.497 e. The Morgan fingerprint density at radius 2 is 2.26 bits per heavy atom. The maximum atomic E-state index is 12.1. The van der Waals surface area contributed by atoms with Gasteiger partial charge in [-0.15, -0.1) is 12.4 Å². The first-order valence-electron chi connectivity index (χ1n) is 6.37. The first kappa shape index (κ1) is 15.8. The summed E-state index contributed by atoms with van der Waals surface area (Å²) >= 11 is 0. The second-order valence-corrected chi connectivity index (χ2v) is 4.78. The molecule has 4 nitrogen and oxygen atoms in total. The Kier molecular flexibility index (Phi) is 6.12. The second-order valence-electron chi connectivity index (χ2n) is 4.78. The molecule has 1 fully saturated rings. The normalized spacial score (nSPS) is 22.2. The molecule has 2 atom stereocenters. The van der Waals surface area contributed by atoms with Gasteiger partial charge in [0.05, 0.1) is 7.11 Å². The number of hydrogen-bond acceptors (Lipinski definition) is 3. The van der Waals surface area contributed by atoms with E-state index >= 15 is 0 Å². The number of benzene rings is 1. The predicted molar refractivity (Wildman–Crippen MR) is 78.2 cm³/mol. The van der Waals surface area contributed by atoms with E-state index in [9.17, 15) is 4.79 Å². The van der Waals surface area contributed by atoms with Crippen LogP contribution in [0.3, 0.4) is 0 Å². The van der Waals surface area contributed by atoms with E-state index in [-0.39, 0.29) is 24.4 Å². The molecule has 1 aromatic rings. The topological polar surface area (TPSA) is 50.4 Å². The van der Waals surface area contributed by atoms with Crippen molar-refractivity contribution in [3.05, 3.63) is 29.8 Å². The SMILES string of the molecule is COc1cccc(C(=O)NC2CCNC(C)C2)c1.Cl. The van der Waals surface area contributed by atoms with E-state index in [2.05, 4.69) is 17.6 Å². The van der Waals surface area contributed by atoms with Crippen LogP contribution < -0.4 is 15.4 Å². The minimum absolute atomic E-state index is 0. The Labute approximate surface area is 120 Å². The summed E-state index contributed by atoms with van der Waals surface area (Å²) in [5, 5.41) is 6.45. The van der Waals surface area contributed by atoms with Gasteiger partial charge in [-0.1, -0.05) is 6.07 Å². The van der Waals surface area contributed by atoms with E-state index in [0.717, 1.165) is 19.4 Å². The van der Waals surface area contributed by atoms with Gasteiger partial charge < -0.3 is 15.4 Å². The molecule has 1 aromatic carbocycles. The summed E-state index contributed by atoms with van der Waals surface area (Å²) in [5.41, 5.74) is 0.653. The van der Waals surface area contributed by atoms with Crippen molar-refractivity contribution in [1.82, 2.24) is 10.6 Å². The van der Waals surface area contributed by atoms with Crippen molar-refractivity contribution < 1.29 is 9.53 Å². The lowest BCUT2D eigenvalue weighted by molar-refractivity contribution is 0.0925. The van der Waals surface area contributed by atoms with Crippen LogP contribution in [0.5, 0.6) is 5.75 Å². The molecule has 0 saturated carbocycles. The molecule has 1 heterocycles. The van der Waals surface area contributed by atoms with Crippen molar-refractivity contribution in [3.63, 3.8) is 0 Å². The Balaban J connectivity index is 0.00000180. The molecule has 0 aliphatic carbocycles. The van der Waals surface area contributed by atoms with Crippen molar-refractivity contribution in [2.45, 2.75) is 31.8 Å². The number of piperidine rings is 1. The number of halogens is 1. The highest BCUT2D eigenvalue weighted by molar-refractivity contribution is 5.94. The van der Waals surface area contributed by atoms with Gasteiger partial charge in [-0.05, 0) is 44.5 Å². The van der Waals surface area contributed by atoms with E-state index in [1.165, 1.54) is 0 Å². The van der Waals surface area contributed by atoms with Gasteiger partial charge in [0.15, 0.2) is 0 Å². The number of rotatable bonds is 3. The van der Waals surface area contributed by atoms with Gasteiger partial charge in [0.2, 0.25) is 0 Å². The fourth-order valence-electron chi connectivity index (χ4n) is 2.30. The lowest BCUT2D eigenvalue weighted by Crippen LogP contribution is -2.46. The monoisotopic (exact) mass is 284 g/mol. The van der Waals surface area contributed by atoms with Crippen LogP contribution in [0.1, 0.15) is 30.1 Å². The van der Waals surface area contributed by atoms with Gasteiger partial charge in [-0.2, -0.15) is 0 Å². The predicted octanol–water partition coefficient (Wildman–Crippen LogP) is 1.99. The third-order valence-corrected chi connectivity index (χ3v) is 3.29. The average molecular weight is 285 g/mol. The molecule has 0 aromatic heterocycles. The minimum atomic E-state index is -0.0204. The molecule has 1 aliphatic heterocycles.